The third-order valence-electron chi connectivity index (χ3n) is 2.27. The van der Waals surface area contributed by atoms with Gasteiger partial charge < -0.3 is 4.74 Å². The van der Waals surface area contributed by atoms with Crippen molar-refractivity contribution in [3.05, 3.63) is 54.4 Å². The zero-order valence-electron chi connectivity index (χ0n) is 10.0. The van der Waals surface area contributed by atoms with Crippen LogP contribution >= 0.6 is 0 Å². The third-order valence-corrected chi connectivity index (χ3v) is 2.27. The van der Waals surface area contributed by atoms with Gasteiger partial charge in [-0.2, -0.15) is 13.2 Å². The Labute approximate surface area is 112 Å². The molecule has 20 heavy (non-hydrogen) atoms. The molecule has 0 aliphatic rings. The zero-order valence-corrected chi connectivity index (χ0v) is 10.0. The predicted octanol–water partition coefficient (Wildman–Crippen LogP) is 3.71. The quantitative estimate of drug-likeness (QED) is 0.913. The normalized spacial score (nSPS) is 10.9. The van der Waals surface area contributed by atoms with Crippen molar-refractivity contribution in [3.8, 4) is 5.75 Å². The molecule has 0 aliphatic heterocycles. The van der Waals surface area contributed by atoms with E-state index in [1.54, 1.807) is 30.3 Å². The highest BCUT2D eigenvalue weighted by atomic mass is 19.4. The predicted molar refractivity (Wildman–Crippen MR) is 65.3 cm³/mol. The molecule has 0 spiro atoms. The fraction of sp³-hybridized carbons (Fsp3) is 0.0769. The number of aromatic nitrogens is 1. The lowest BCUT2D eigenvalue weighted by molar-refractivity contribution is -0.137. The molecule has 0 fully saturated rings. The van der Waals surface area contributed by atoms with Crippen molar-refractivity contribution in [2.24, 2.45) is 0 Å². The van der Waals surface area contributed by atoms with Crippen LogP contribution in [0.3, 0.4) is 0 Å². The number of benzene rings is 1. The van der Waals surface area contributed by atoms with Crippen LogP contribution < -0.4 is 10.1 Å². The summed E-state index contributed by atoms with van der Waals surface area (Å²) in [6, 6.07) is 9.09. The number of hydrogen-bond donors (Lipinski definition) is 1. The maximum Gasteiger partial charge on any atom is 0.418 e. The molecule has 104 valence electrons. The minimum absolute atomic E-state index is 0.284. The molecule has 2 aromatic rings. The summed E-state index contributed by atoms with van der Waals surface area (Å²) >= 11 is 0. The number of nitrogens with one attached hydrogen (secondary N) is 1. The number of halogens is 3. The SMILES string of the molecule is O=C(Nc1ccccc1)Oc1cncc(C(F)(F)F)c1. The minimum Gasteiger partial charge on any atom is -0.408 e. The summed E-state index contributed by atoms with van der Waals surface area (Å²) in [5, 5.41) is 2.38. The molecule has 0 bridgehead atoms. The van der Waals surface area contributed by atoms with E-state index in [0.717, 1.165) is 6.20 Å². The highest BCUT2D eigenvalue weighted by Crippen LogP contribution is 2.30. The second kappa shape index (κ2) is 5.60. The molecule has 1 aromatic heterocycles. The molecule has 0 saturated heterocycles. The lowest BCUT2D eigenvalue weighted by atomic mass is 10.3. The number of carbonyl (C=O) groups is 1. The lowest BCUT2D eigenvalue weighted by Gasteiger charge is -2.09. The highest BCUT2D eigenvalue weighted by molar-refractivity contribution is 5.86. The van der Waals surface area contributed by atoms with Gasteiger partial charge in [-0.1, -0.05) is 18.2 Å². The van der Waals surface area contributed by atoms with E-state index < -0.39 is 17.8 Å². The Morgan fingerprint density at radius 3 is 2.50 bits per heavy atom. The van der Waals surface area contributed by atoms with E-state index in [-0.39, 0.29) is 5.75 Å². The van der Waals surface area contributed by atoms with E-state index in [9.17, 15) is 18.0 Å². The van der Waals surface area contributed by atoms with E-state index in [1.807, 2.05) is 0 Å². The van der Waals surface area contributed by atoms with Crippen LogP contribution in [0.5, 0.6) is 5.75 Å². The van der Waals surface area contributed by atoms with Crippen molar-refractivity contribution in [2.45, 2.75) is 6.18 Å². The Hall–Kier alpha value is -2.57. The molecule has 2 rings (SSSR count). The van der Waals surface area contributed by atoms with E-state index in [0.29, 0.717) is 18.0 Å². The number of anilines is 1. The molecule has 0 unspecified atom stereocenters. The van der Waals surface area contributed by atoms with E-state index in [1.165, 1.54) is 0 Å². The van der Waals surface area contributed by atoms with Gasteiger partial charge in [0.1, 0.15) is 0 Å². The largest absolute Gasteiger partial charge is 0.418 e. The summed E-state index contributed by atoms with van der Waals surface area (Å²) in [5.74, 6) is -0.284. The summed E-state index contributed by atoms with van der Waals surface area (Å²) in [4.78, 5) is 14.9. The Bertz CT molecular complexity index is 600. The molecule has 4 nitrogen and oxygen atoms in total. The minimum atomic E-state index is -4.54. The van der Waals surface area contributed by atoms with Crippen LogP contribution in [0, 0.1) is 0 Å². The molecule has 1 N–H and O–H groups in total. The molecular formula is C13H9F3N2O2. The summed E-state index contributed by atoms with van der Waals surface area (Å²) in [6.07, 6.45) is -3.75. The number of pyridine rings is 1. The number of para-hydroxylation sites is 1. The van der Waals surface area contributed by atoms with Crippen LogP contribution in [0.25, 0.3) is 0 Å². The number of hydrogen-bond acceptors (Lipinski definition) is 3. The van der Waals surface area contributed by atoms with E-state index in [4.69, 9.17) is 4.74 Å². The van der Waals surface area contributed by atoms with Crippen LogP contribution in [0.4, 0.5) is 23.7 Å². The van der Waals surface area contributed by atoms with Gasteiger partial charge in [0.05, 0.1) is 11.8 Å². The Kier molecular flexibility index (Phi) is 3.88. The highest BCUT2D eigenvalue weighted by Gasteiger charge is 2.31. The smallest absolute Gasteiger partial charge is 0.408 e. The lowest BCUT2D eigenvalue weighted by Crippen LogP contribution is -2.17. The van der Waals surface area contributed by atoms with Crippen molar-refractivity contribution in [3.63, 3.8) is 0 Å². The van der Waals surface area contributed by atoms with Gasteiger partial charge >= 0.3 is 12.3 Å². The maximum atomic E-state index is 12.5. The first-order valence-electron chi connectivity index (χ1n) is 5.51. The Morgan fingerprint density at radius 2 is 1.85 bits per heavy atom. The zero-order chi connectivity index (χ0) is 14.6. The standard InChI is InChI=1S/C13H9F3N2O2/c14-13(15,16)9-6-11(8-17-7-9)20-12(19)18-10-4-2-1-3-5-10/h1-8H,(H,18,19). The summed E-state index contributed by atoms with van der Waals surface area (Å²) in [6.45, 7) is 0. The number of nitrogens with zero attached hydrogens (tertiary/aromatic N) is 1. The number of rotatable bonds is 2. The van der Waals surface area contributed by atoms with Gasteiger partial charge in [0, 0.05) is 11.9 Å². The van der Waals surface area contributed by atoms with Crippen LogP contribution in [-0.2, 0) is 6.18 Å². The number of alkyl halides is 3. The Balaban J connectivity index is 2.05. The monoisotopic (exact) mass is 282 g/mol. The first-order valence-corrected chi connectivity index (χ1v) is 5.51. The Morgan fingerprint density at radius 1 is 1.15 bits per heavy atom. The average Bonchev–Trinajstić information content (AvgIpc) is 2.39. The summed E-state index contributed by atoms with van der Waals surface area (Å²) < 4.78 is 42.1. The molecule has 1 aromatic carbocycles. The second-order valence-corrected chi connectivity index (χ2v) is 3.79. The van der Waals surface area contributed by atoms with Crippen molar-refractivity contribution in [1.29, 1.82) is 0 Å². The molecule has 0 saturated carbocycles. The number of carbonyl (C=O) groups excluding carboxylic acids is 1. The third kappa shape index (κ3) is 3.71. The van der Waals surface area contributed by atoms with Crippen LogP contribution in [0.1, 0.15) is 5.56 Å². The van der Waals surface area contributed by atoms with Gasteiger partial charge in [-0.25, -0.2) is 4.79 Å². The molecule has 1 heterocycles. The maximum absolute atomic E-state index is 12.5. The molecule has 1 amide bonds. The van der Waals surface area contributed by atoms with Crippen LogP contribution in [0.2, 0.25) is 0 Å². The van der Waals surface area contributed by atoms with Crippen molar-refractivity contribution in [2.75, 3.05) is 5.32 Å². The van der Waals surface area contributed by atoms with Crippen molar-refractivity contribution in [1.82, 2.24) is 4.98 Å². The fourth-order valence-electron chi connectivity index (χ4n) is 1.40. The molecule has 7 heteroatoms. The van der Waals surface area contributed by atoms with Gasteiger partial charge in [-0.05, 0) is 18.2 Å². The van der Waals surface area contributed by atoms with Gasteiger partial charge in [0.15, 0.2) is 5.75 Å². The fourth-order valence-corrected chi connectivity index (χ4v) is 1.40. The first kappa shape index (κ1) is 13.9. The first-order chi connectivity index (χ1) is 9.45. The van der Waals surface area contributed by atoms with Gasteiger partial charge in [0.2, 0.25) is 0 Å². The average molecular weight is 282 g/mol. The number of amides is 1. The van der Waals surface area contributed by atoms with Gasteiger partial charge in [0.25, 0.3) is 0 Å². The summed E-state index contributed by atoms with van der Waals surface area (Å²) in [7, 11) is 0. The van der Waals surface area contributed by atoms with Crippen LogP contribution in [0.15, 0.2) is 48.8 Å². The molecular weight excluding hydrogens is 273 g/mol. The van der Waals surface area contributed by atoms with Gasteiger partial charge in [-0.3, -0.25) is 10.3 Å². The van der Waals surface area contributed by atoms with Crippen LogP contribution in [-0.4, -0.2) is 11.1 Å². The summed E-state index contributed by atoms with van der Waals surface area (Å²) in [5.41, 5.74) is -0.514. The second-order valence-electron chi connectivity index (χ2n) is 3.79. The van der Waals surface area contributed by atoms with Crippen molar-refractivity contribution < 1.29 is 22.7 Å². The van der Waals surface area contributed by atoms with E-state index in [2.05, 4.69) is 10.3 Å². The topological polar surface area (TPSA) is 51.2 Å². The molecule has 0 radical (unpaired) electrons. The molecule has 0 atom stereocenters. The van der Waals surface area contributed by atoms with Crippen molar-refractivity contribution >= 4 is 11.8 Å². The number of ether oxygens (including phenoxy) is 1. The van der Waals surface area contributed by atoms with E-state index >= 15 is 0 Å². The van der Waals surface area contributed by atoms with Gasteiger partial charge in [-0.15, -0.1) is 0 Å². The molecule has 0 aliphatic carbocycles.